The summed E-state index contributed by atoms with van der Waals surface area (Å²) >= 11 is 3.60. The molecule has 0 fully saturated rings. The van der Waals surface area contributed by atoms with Crippen LogP contribution < -0.4 is 10.1 Å². The number of hydrogen-bond acceptors (Lipinski definition) is 3. The van der Waals surface area contributed by atoms with Crippen LogP contribution in [0.3, 0.4) is 0 Å². The Kier molecular flexibility index (Phi) is 3.43. The second kappa shape index (κ2) is 5.43. The molecule has 1 aromatic carbocycles. The largest absolute Gasteiger partial charge is 0.493 e. The zero-order chi connectivity index (χ0) is 14.2. The fraction of sp³-hybridized carbons (Fsp3) is 0.353. The molecule has 1 unspecified atom stereocenters. The van der Waals surface area contributed by atoms with Crippen molar-refractivity contribution in [3.8, 4) is 5.75 Å². The van der Waals surface area contributed by atoms with Crippen molar-refractivity contribution in [3.05, 3.63) is 57.3 Å². The fourth-order valence-corrected chi connectivity index (χ4v) is 3.87. The molecular weight excluding hydrogens is 328 g/mol. The quantitative estimate of drug-likeness (QED) is 0.924. The minimum atomic E-state index is 0.359. The number of nitrogens with one attached hydrogen (secondary N) is 1. The van der Waals surface area contributed by atoms with Gasteiger partial charge in [-0.15, -0.1) is 0 Å². The maximum atomic E-state index is 5.79. The maximum absolute atomic E-state index is 5.79. The second-order valence-electron chi connectivity index (χ2n) is 5.67. The van der Waals surface area contributed by atoms with E-state index in [1.54, 1.807) is 0 Å². The highest BCUT2D eigenvalue weighted by Crippen LogP contribution is 2.34. The fourth-order valence-electron chi connectivity index (χ4n) is 3.32. The lowest BCUT2D eigenvalue weighted by Crippen LogP contribution is -2.19. The molecule has 0 radical (unpaired) electrons. The summed E-state index contributed by atoms with van der Waals surface area (Å²) in [5.74, 6) is 1.07. The van der Waals surface area contributed by atoms with E-state index in [0.717, 1.165) is 42.6 Å². The van der Waals surface area contributed by atoms with Crippen LogP contribution in [0.25, 0.3) is 0 Å². The Morgan fingerprint density at radius 2 is 2.24 bits per heavy atom. The molecule has 1 aliphatic carbocycles. The third-order valence-corrected chi connectivity index (χ3v) is 4.78. The van der Waals surface area contributed by atoms with Gasteiger partial charge in [0.15, 0.2) is 0 Å². The zero-order valence-electron chi connectivity index (χ0n) is 11.7. The molecule has 4 heteroatoms. The van der Waals surface area contributed by atoms with Crippen LogP contribution in [-0.2, 0) is 19.4 Å². The molecule has 3 nitrogen and oxygen atoms in total. The molecule has 2 heterocycles. The van der Waals surface area contributed by atoms with Crippen LogP contribution in [0.4, 0.5) is 0 Å². The summed E-state index contributed by atoms with van der Waals surface area (Å²) in [7, 11) is 0. The van der Waals surface area contributed by atoms with Crippen molar-refractivity contribution in [2.24, 2.45) is 0 Å². The minimum absolute atomic E-state index is 0.359. The molecule has 21 heavy (non-hydrogen) atoms. The summed E-state index contributed by atoms with van der Waals surface area (Å²) < 4.78 is 6.93. The predicted molar refractivity (Wildman–Crippen MR) is 85.5 cm³/mol. The number of fused-ring (bicyclic) bond motifs is 2. The van der Waals surface area contributed by atoms with Crippen LogP contribution in [-0.4, -0.2) is 11.6 Å². The van der Waals surface area contributed by atoms with Crippen molar-refractivity contribution >= 4 is 15.9 Å². The van der Waals surface area contributed by atoms with E-state index in [4.69, 9.17) is 4.74 Å². The number of pyridine rings is 1. The highest BCUT2D eigenvalue weighted by molar-refractivity contribution is 9.10. The van der Waals surface area contributed by atoms with Crippen LogP contribution >= 0.6 is 15.9 Å². The Hall–Kier alpha value is -1.39. The van der Waals surface area contributed by atoms with Crippen molar-refractivity contribution < 1.29 is 4.74 Å². The van der Waals surface area contributed by atoms with Gasteiger partial charge in [-0.1, -0.05) is 22.0 Å². The van der Waals surface area contributed by atoms with E-state index in [-0.39, 0.29) is 0 Å². The average Bonchev–Trinajstić information content (AvgIpc) is 3.11. The molecule has 108 valence electrons. The third kappa shape index (κ3) is 2.47. The molecule has 1 atom stereocenters. The molecule has 4 rings (SSSR count). The lowest BCUT2D eigenvalue weighted by atomic mass is 10.1. The smallest absolute Gasteiger partial charge is 0.127 e. The molecule has 0 spiro atoms. The van der Waals surface area contributed by atoms with E-state index in [1.165, 1.54) is 22.4 Å². The average molecular weight is 345 g/mol. The zero-order valence-corrected chi connectivity index (χ0v) is 13.3. The number of benzene rings is 1. The van der Waals surface area contributed by atoms with Gasteiger partial charge < -0.3 is 10.1 Å². The molecule has 0 bridgehead atoms. The van der Waals surface area contributed by atoms with Crippen LogP contribution in [0.1, 0.15) is 34.8 Å². The first kappa shape index (κ1) is 13.3. The number of ether oxygens (including phenoxy) is 1. The Bertz CT molecular complexity index is 686. The minimum Gasteiger partial charge on any atom is -0.493 e. The van der Waals surface area contributed by atoms with E-state index < -0.39 is 0 Å². The summed E-state index contributed by atoms with van der Waals surface area (Å²) in [5.41, 5.74) is 5.14. The number of aromatic nitrogens is 1. The van der Waals surface area contributed by atoms with Crippen molar-refractivity contribution in [1.29, 1.82) is 0 Å². The number of nitrogens with zero attached hydrogens (tertiary/aromatic N) is 1. The second-order valence-corrected chi connectivity index (χ2v) is 6.59. The maximum Gasteiger partial charge on any atom is 0.127 e. The topological polar surface area (TPSA) is 34.2 Å². The number of halogens is 1. The predicted octanol–water partition coefficient (Wildman–Crippen LogP) is 3.56. The molecule has 1 aromatic heterocycles. The van der Waals surface area contributed by atoms with Crippen molar-refractivity contribution in [1.82, 2.24) is 10.3 Å². The van der Waals surface area contributed by atoms with Crippen molar-refractivity contribution in [2.75, 3.05) is 6.61 Å². The van der Waals surface area contributed by atoms with Gasteiger partial charge in [0.25, 0.3) is 0 Å². The van der Waals surface area contributed by atoms with Gasteiger partial charge in [-0.05, 0) is 42.2 Å². The summed E-state index contributed by atoms with van der Waals surface area (Å²) in [6, 6.07) is 8.89. The Labute approximate surface area is 132 Å². The summed E-state index contributed by atoms with van der Waals surface area (Å²) in [6.07, 6.45) is 5.14. The van der Waals surface area contributed by atoms with Gasteiger partial charge in [0.2, 0.25) is 0 Å². The Balaban J connectivity index is 1.54. The standard InChI is InChI=1S/C17H17BrN2O/c18-14-8-12-5-7-21-17(12)13(9-14)10-20-15-4-3-11-2-1-6-19-16(11)15/h1-2,6,8-9,15,20H,3-5,7,10H2. The van der Waals surface area contributed by atoms with E-state index in [1.807, 2.05) is 12.3 Å². The number of rotatable bonds is 3. The lowest BCUT2D eigenvalue weighted by molar-refractivity contribution is 0.351. The molecule has 1 N–H and O–H groups in total. The molecule has 2 aromatic rings. The van der Waals surface area contributed by atoms with Crippen LogP contribution in [0.2, 0.25) is 0 Å². The van der Waals surface area contributed by atoms with Gasteiger partial charge in [-0.2, -0.15) is 0 Å². The van der Waals surface area contributed by atoms with E-state index in [2.05, 4.69) is 44.4 Å². The number of hydrogen-bond donors (Lipinski definition) is 1. The van der Waals surface area contributed by atoms with Gasteiger partial charge in [0.1, 0.15) is 5.75 Å². The summed E-state index contributed by atoms with van der Waals surface area (Å²) in [5, 5.41) is 3.65. The first-order valence-corrected chi connectivity index (χ1v) is 8.22. The highest BCUT2D eigenvalue weighted by Gasteiger charge is 2.24. The SMILES string of the molecule is Brc1cc2c(c(CNC3CCc4cccnc43)c1)OCC2. The van der Waals surface area contributed by atoms with Crippen LogP contribution in [0.15, 0.2) is 34.9 Å². The van der Waals surface area contributed by atoms with Gasteiger partial charge in [-0.25, -0.2) is 0 Å². The Morgan fingerprint density at radius 1 is 1.29 bits per heavy atom. The monoisotopic (exact) mass is 344 g/mol. The van der Waals surface area contributed by atoms with Crippen LogP contribution in [0.5, 0.6) is 5.75 Å². The van der Waals surface area contributed by atoms with Gasteiger partial charge in [-0.3, -0.25) is 4.98 Å². The molecule has 2 aliphatic rings. The summed E-state index contributed by atoms with van der Waals surface area (Å²) in [6.45, 7) is 1.62. The molecule has 0 saturated carbocycles. The van der Waals surface area contributed by atoms with Crippen LogP contribution in [0, 0.1) is 0 Å². The third-order valence-electron chi connectivity index (χ3n) is 4.32. The first-order valence-electron chi connectivity index (χ1n) is 7.42. The van der Waals surface area contributed by atoms with E-state index >= 15 is 0 Å². The highest BCUT2D eigenvalue weighted by atomic mass is 79.9. The molecular formula is C17H17BrN2O. The van der Waals surface area contributed by atoms with Gasteiger partial charge >= 0.3 is 0 Å². The van der Waals surface area contributed by atoms with Gasteiger partial charge in [0.05, 0.1) is 18.3 Å². The first-order chi connectivity index (χ1) is 10.3. The van der Waals surface area contributed by atoms with E-state index in [9.17, 15) is 0 Å². The molecule has 0 saturated heterocycles. The number of aryl methyl sites for hydroxylation is 1. The molecule has 0 amide bonds. The lowest BCUT2D eigenvalue weighted by Gasteiger charge is -2.15. The summed E-state index contributed by atoms with van der Waals surface area (Å²) in [4.78, 5) is 4.54. The Morgan fingerprint density at radius 3 is 3.19 bits per heavy atom. The van der Waals surface area contributed by atoms with E-state index in [0.29, 0.717) is 6.04 Å². The van der Waals surface area contributed by atoms with Crippen molar-refractivity contribution in [2.45, 2.75) is 31.8 Å². The molecule has 1 aliphatic heterocycles. The van der Waals surface area contributed by atoms with Crippen molar-refractivity contribution in [3.63, 3.8) is 0 Å². The normalized spacial score (nSPS) is 19.2. The van der Waals surface area contributed by atoms with Gasteiger partial charge in [0, 0.05) is 29.2 Å².